The van der Waals surface area contributed by atoms with Gasteiger partial charge in [0.25, 0.3) is 0 Å². The van der Waals surface area contributed by atoms with E-state index in [-0.39, 0.29) is 23.7 Å². The molecule has 0 aromatic heterocycles. The number of nitrogens with one attached hydrogen (secondary N) is 1. The molecule has 1 N–H and O–H groups in total. The molecule has 25 heavy (non-hydrogen) atoms. The van der Waals surface area contributed by atoms with E-state index in [1.54, 1.807) is 6.07 Å². The minimum atomic E-state index is -0.796. The molecule has 1 saturated heterocycles. The average Bonchev–Trinajstić information content (AvgIpc) is 2.99. The molecule has 3 rings (SSSR count). The summed E-state index contributed by atoms with van der Waals surface area (Å²) in [6.07, 6.45) is 1.48. The maximum atomic E-state index is 13.9. The zero-order valence-corrected chi connectivity index (χ0v) is 13.6. The number of anilines is 1. The van der Waals surface area contributed by atoms with Crippen LogP contribution in [0.4, 0.5) is 14.5 Å². The fraction of sp³-hybridized carbons (Fsp3) is 0.263. The molecule has 0 spiro atoms. The largest absolute Gasteiger partial charge is 0.376 e. The summed E-state index contributed by atoms with van der Waals surface area (Å²) >= 11 is 0. The first-order valence-corrected chi connectivity index (χ1v) is 8.05. The number of nitriles is 1. The summed E-state index contributed by atoms with van der Waals surface area (Å²) in [5.74, 6) is -1.43. The molecule has 0 unspecified atom stereocenters. The van der Waals surface area contributed by atoms with Crippen LogP contribution in [-0.4, -0.2) is 17.4 Å². The second-order valence-electron chi connectivity index (χ2n) is 6.02. The number of halogens is 2. The second kappa shape index (κ2) is 7.31. The molecule has 1 aliphatic heterocycles. The summed E-state index contributed by atoms with van der Waals surface area (Å²) in [5, 5.41) is 11.5. The number of carbonyl (C=O) groups excluding carboxylic acids is 1. The Kier molecular flexibility index (Phi) is 4.94. The van der Waals surface area contributed by atoms with Gasteiger partial charge < -0.3 is 10.2 Å². The third kappa shape index (κ3) is 3.94. The van der Waals surface area contributed by atoms with Crippen molar-refractivity contribution in [3.8, 4) is 6.07 Å². The number of amides is 1. The first kappa shape index (κ1) is 16.9. The fourth-order valence-electron chi connectivity index (χ4n) is 2.93. The summed E-state index contributed by atoms with van der Waals surface area (Å²) < 4.78 is 27.8. The fourth-order valence-corrected chi connectivity index (χ4v) is 2.93. The van der Waals surface area contributed by atoms with Crippen LogP contribution in [0.25, 0.3) is 0 Å². The summed E-state index contributed by atoms with van der Waals surface area (Å²) in [4.78, 5) is 13.5. The third-order valence-corrected chi connectivity index (χ3v) is 4.18. The molecule has 1 amide bonds. The van der Waals surface area contributed by atoms with Gasteiger partial charge in [-0.25, -0.2) is 8.78 Å². The number of nitrogens with zero attached hydrogens (tertiary/aromatic N) is 2. The van der Waals surface area contributed by atoms with Crippen LogP contribution in [0, 0.1) is 23.0 Å². The smallest absolute Gasteiger partial charge is 0.222 e. The van der Waals surface area contributed by atoms with Crippen LogP contribution in [0.15, 0.2) is 36.4 Å². The van der Waals surface area contributed by atoms with Gasteiger partial charge in [0.15, 0.2) is 11.6 Å². The lowest BCUT2D eigenvalue weighted by molar-refractivity contribution is -0.128. The van der Waals surface area contributed by atoms with Crippen molar-refractivity contribution < 1.29 is 13.6 Å². The first-order chi connectivity index (χ1) is 12.1. The maximum Gasteiger partial charge on any atom is 0.222 e. The van der Waals surface area contributed by atoms with Crippen LogP contribution in [0.2, 0.25) is 0 Å². The number of rotatable bonds is 5. The lowest BCUT2D eigenvalue weighted by atomic mass is 10.1. The van der Waals surface area contributed by atoms with E-state index >= 15 is 0 Å². The lowest BCUT2D eigenvalue weighted by Crippen LogP contribution is -2.23. The van der Waals surface area contributed by atoms with Gasteiger partial charge in [-0.3, -0.25) is 4.79 Å². The molecule has 0 radical (unpaired) electrons. The standard InChI is InChI=1S/C19H17F2N3O/c20-16-8-15(10-22)9-17(21)19(16)23-11-13-3-1-4-14(7-13)12-24-6-2-5-18(24)25/h1,3-4,7-9,23H,2,5-6,11-12H2. The van der Waals surface area contributed by atoms with Crippen molar-refractivity contribution in [1.29, 1.82) is 5.26 Å². The zero-order chi connectivity index (χ0) is 17.8. The van der Waals surface area contributed by atoms with Gasteiger partial charge in [0.05, 0.1) is 11.6 Å². The molecular formula is C19H17F2N3O. The topological polar surface area (TPSA) is 56.1 Å². The molecule has 2 aromatic carbocycles. The van der Waals surface area contributed by atoms with Crippen LogP contribution in [0.5, 0.6) is 0 Å². The van der Waals surface area contributed by atoms with E-state index in [2.05, 4.69) is 5.32 Å². The van der Waals surface area contributed by atoms with E-state index in [1.807, 2.05) is 29.2 Å². The molecule has 0 saturated carbocycles. The predicted molar refractivity (Wildman–Crippen MR) is 89.5 cm³/mol. The Morgan fingerprint density at radius 1 is 1.16 bits per heavy atom. The lowest BCUT2D eigenvalue weighted by Gasteiger charge is -2.16. The van der Waals surface area contributed by atoms with E-state index in [1.165, 1.54) is 0 Å². The summed E-state index contributed by atoms with van der Waals surface area (Å²) in [7, 11) is 0. The molecular weight excluding hydrogens is 324 g/mol. The van der Waals surface area contributed by atoms with Crippen molar-refractivity contribution in [3.63, 3.8) is 0 Å². The van der Waals surface area contributed by atoms with E-state index in [0.717, 1.165) is 36.2 Å². The Balaban J connectivity index is 1.69. The Hall–Kier alpha value is -2.94. The molecule has 0 bridgehead atoms. The molecule has 1 aliphatic rings. The van der Waals surface area contributed by atoms with E-state index in [0.29, 0.717) is 13.0 Å². The minimum absolute atomic E-state index is 0.0576. The van der Waals surface area contributed by atoms with Crippen LogP contribution < -0.4 is 5.32 Å². The average molecular weight is 341 g/mol. The van der Waals surface area contributed by atoms with Crippen molar-refractivity contribution in [1.82, 2.24) is 4.90 Å². The molecule has 0 atom stereocenters. The second-order valence-corrected chi connectivity index (χ2v) is 6.02. The first-order valence-electron chi connectivity index (χ1n) is 8.05. The monoisotopic (exact) mass is 341 g/mol. The van der Waals surface area contributed by atoms with E-state index in [4.69, 9.17) is 5.26 Å². The minimum Gasteiger partial charge on any atom is -0.376 e. The zero-order valence-electron chi connectivity index (χ0n) is 13.6. The summed E-state index contributed by atoms with van der Waals surface area (Å²) in [6.45, 7) is 1.55. The number of carbonyl (C=O) groups is 1. The highest BCUT2D eigenvalue weighted by Gasteiger charge is 2.20. The number of hydrogen-bond donors (Lipinski definition) is 1. The molecule has 1 fully saturated rings. The number of hydrogen-bond acceptors (Lipinski definition) is 3. The van der Waals surface area contributed by atoms with Gasteiger partial charge in [0, 0.05) is 26.1 Å². The maximum absolute atomic E-state index is 13.9. The van der Waals surface area contributed by atoms with E-state index in [9.17, 15) is 13.6 Å². The quantitative estimate of drug-likeness (QED) is 0.904. The van der Waals surface area contributed by atoms with Crippen LogP contribution in [0.1, 0.15) is 29.5 Å². The van der Waals surface area contributed by atoms with Crippen molar-refractivity contribution in [2.75, 3.05) is 11.9 Å². The molecule has 2 aromatic rings. The molecule has 128 valence electrons. The summed E-state index contributed by atoms with van der Waals surface area (Å²) in [6, 6.07) is 11.3. The van der Waals surface area contributed by atoms with Gasteiger partial charge >= 0.3 is 0 Å². The summed E-state index contributed by atoms with van der Waals surface area (Å²) in [5.41, 5.74) is 1.53. The highest BCUT2D eigenvalue weighted by atomic mass is 19.1. The van der Waals surface area contributed by atoms with Crippen LogP contribution >= 0.6 is 0 Å². The van der Waals surface area contributed by atoms with Crippen LogP contribution in [-0.2, 0) is 17.9 Å². The normalized spacial score (nSPS) is 13.8. The van der Waals surface area contributed by atoms with Gasteiger partial charge in [-0.2, -0.15) is 5.26 Å². The van der Waals surface area contributed by atoms with Gasteiger partial charge in [0.1, 0.15) is 5.69 Å². The highest BCUT2D eigenvalue weighted by molar-refractivity contribution is 5.78. The van der Waals surface area contributed by atoms with Crippen molar-refractivity contribution in [3.05, 3.63) is 64.7 Å². The van der Waals surface area contributed by atoms with E-state index < -0.39 is 11.6 Å². The Labute approximate surface area is 144 Å². The number of benzene rings is 2. The van der Waals surface area contributed by atoms with Crippen LogP contribution in [0.3, 0.4) is 0 Å². The van der Waals surface area contributed by atoms with Crippen molar-refractivity contribution in [2.45, 2.75) is 25.9 Å². The predicted octanol–water partition coefficient (Wildman–Crippen LogP) is 3.57. The molecule has 1 heterocycles. The number of likely N-dealkylation sites (tertiary alicyclic amines) is 1. The highest BCUT2D eigenvalue weighted by Crippen LogP contribution is 2.22. The SMILES string of the molecule is N#Cc1cc(F)c(NCc2cccc(CN3CCCC3=O)c2)c(F)c1. The molecule has 4 nitrogen and oxygen atoms in total. The van der Waals surface area contributed by atoms with Gasteiger partial charge in [0.2, 0.25) is 5.91 Å². The van der Waals surface area contributed by atoms with Crippen molar-refractivity contribution in [2.24, 2.45) is 0 Å². The molecule has 6 heteroatoms. The van der Waals surface area contributed by atoms with Gasteiger partial charge in [-0.1, -0.05) is 24.3 Å². The Morgan fingerprint density at radius 3 is 2.52 bits per heavy atom. The van der Waals surface area contributed by atoms with Gasteiger partial charge in [-0.15, -0.1) is 0 Å². The third-order valence-electron chi connectivity index (χ3n) is 4.18. The molecule has 0 aliphatic carbocycles. The Bertz CT molecular complexity index is 822. The van der Waals surface area contributed by atoms with Gasteiger partial charge in [-0.05, 0) is 29.7 Å². The Morgan fingerprint density at radius 2 is 1.88 bits per heavy atom. The van der Waals surface area contributed by atoms with Crippen molar-refractivity contribution >= 4 is 11.6 Å².